The molecule has 3 N–H and O–H groups in total. The number of nitrogens with zero attached hydrogens (tertiary/aromatic N) is 3. The van der Waals surface area contributed by atoms with Crippen molar-refractivity contribution < 1.29 is 9.53 Å². The van der Waals surface area contributed by atoms with Crippen molar-refractivity contribution in [3.63, 3.8) is 0 Å². The third-order valence-corrected chi connectivity index (χ3v) is 4.80. The number of nitrogens with one attached hydrogen (secondary N) is 1. The Morgan fingerprint density at radius 1 is 1.21 bits per heavy atom. The number of benzene rings is 1. The molecule has 1 aliphatic rings. The lowest BCUT2D eigenvalue weighted by Crippen LogP contribution is -2.46. The molecule has 152 valence electrons. The van der Waals surface area contributed by atoms with Gasteiger partial charge in [0.05, 0.1) is 17.9 Å². The predicted molar refractivity (Wildman–Crippen MR) is 116 cm³/mol. The highest BCUT2D eigenvalue weighted by molar-refractivity contribution is 7.99. The molecule has 0 atom stereocenters. The number of nitrogen functional groups attached to an aromatic ring is 1. The van der Waals surface area contributed by atoms with Crippen LogP contribution in [-0.4, -0.2) is 27.2 Å². The van der Waals surface area contributed by atoms with Crippen LogP contribution in [0.3, 0.4) is 0 Å². The fraction of sp³-hybridized carbons (Fsp3) is 0.286. The van der Waals surface area contributed by atoms with Crippen LogP contribution in [0.1, 0.15) is 27.7 Å². The first kappa shape index (κ1) is 20.7. The Labute approximate surface area is 175 Å². The second-order valence-electron chi connectivity index (χ2n) is 7.84. The third kappa shape index (κ3) is 5.99. The maximum atomic E-state index is 12.0. The smallest absolute Gasteiger partial charge is 0.408 e. The molecule has 1 aliphatic heterocycles. The average Bonchev–Trinajstić information content (AvgIpc) is 2.61. The number of hydrogen-bond acceptors (Lipinski definition) is 7. The molecule has 29 heavy (non-hydrogen) atoms. The van der Waals surface area contributed by atoms with Crippen molar-refractivity contribution >= 4 is 29.4 Å². The Morgan fingerprint density at radius 3 is 2.52 bits per heavy atom. The first-order valence-corrected chi connectivity index (χ1v) is 9.97. The van der Waals surface area contributed by atoms with Crippen LogP contribution in [0.4, 0.5) is 16.3 Å². The summed E-state index contributed by atoms with van der Waals surface area (Å²) in [4.78, 5) is 23.8. The van der Waals surface area contributed by atoms with E-state index < -0.39 is 17.2 Å². The molecule has 0 unspecified atom stereocenters. The first-order chi connectivity index (χ1) is 13.6. The zero-order valence-electron chi connectivity index (χ0n) is 16.9. The fourth-order valence-electron chi connectivity index (χ4n) is 2.53. The lowest BCUT2D eigenvalue weighted by molar-refractivity contribution is 0.0499. The van der Waals surface area contributed by atoms with Crippen LogP contribution in [0, 0.1) is 0 Å². The molecule has 0 fully saturated rings. The van der Waals surface area contributed by atoms with E-state index in [-0.39, 0.29) is 0 Å². The van der Waals surface area contributed by atoms with Crippen LogP contribution in [0.15, 0.2) is 71.1 Å². The molecule has 0 aliphatic carbocycles. The molecule has 8 heteroatoms. The second kappa shape index (κ2) is 8.16. The monoisotopic (exact) mass is 411 g/mol. The van der Waals surface area contributed by atoms with Gasteiger partial charge in [-0.1, -0.05) is 17.8 Å². The van der Waals surface area contributed by atoms with Gasteiger partial charge in [-0.25, -0.2) is 14.8 Å². The van der Waals surface area contributed by atoms with E-state index >= 15 is 0 Å². The zero-order valence-corrected chi connectivity index (χ0v) is 17.7. The van der Waals surface area contributed by atoms with E-state index in [0.29, 0.717) is 11.5 Å². The van der Waals surface area contributed by atoms with Crippen LogP contribution >= 0.6 is 11.8 Å². The van der Waals surface area contributed by atoms with E-state index in [9.17, 15) is 4.79 Å². The highest BCUT2D eigenvalue weighted by Crippen LogP contribution is 2.28. The number of carbonyl (C=O) groups is 1. The molecule has 0 radical (unpaired) electrons. The molecule has 3 rings (SSSR count). The predicted octanol–water partition coefficient (Wildman–Crippen LogP) is 4.34. The topological polar surface area (TPSA) is 93.4 Å². The summed E-state index contributed by atoms with van der Waals surface area (Å²) >= 11 is 1.50. The molecule has 0 saturated carbocycles. The first-order valence-electron chi connectivity index (χ1n) is 9.16. The van der Waals surface area contributed by atoms with Gasteiger partial charge >= 0.3 is 6.09 Å². The average molecular weight is 412 g/mol. The van der Waals surface area contributed by atoms with Crippen molar-refractivity contribution in [1.29, 1.82) is 0 Å². The minimum Gasteiger partial charge on any atom is -0.444 e. The van der Waals surface area contributed by atoms with Gasteiger partial charge in [-0.3, -0.25) is 0 Å². The van der Waals surface area contributed by atoms with E-state index in [1.807, 2.05) is 81.4 Å². The molecule has 1 amide bonds. The SMILES string of the molecule is CC1(NC(=O)OC(C)(C)C)C=CN(c2cnc(Sc3cccc(N)c3)cn2)C=C1. The molecule has 2 heterocycles. The summed E-state index contributed by atoms with van der Waals surface area (Å²) in [6.07, 6.45) is 10.4. The van der Waals surface area contributed by atoms with Crippen molar-refractivity contribution in [2.45, 2.75) is 48.8 Å². The van der Waals surface area contributed by atoms with Gasteiger partial charge < -0.3 is 20.7 Å². The van der Waals surface area contributed by atoms with E-state index in [0.717, 1.165) is 9.92 Å². The minimum absolute atomic E-state index is 0.467. The largest absolute Gasteiger partial charge is 0.444 e. The third-order valence-electron chi connectivity index (χ3n) is 3.89. The molecule has 0 saturated heterocycles. The summed E-state index contributed by atoms with van der Waals surface area (Å²) in [5.41, 5.74) is 5.33. The van der Waals surface area contributed by atoms with Crippen molar-refractivity contribution in [2.75, 3.05) is 10.6 Å². The lowest BCUT2D eigenvalue weighted by Gasteiger charge is -2.30. The maximum Gasteiger partial charge on any atom is 0.408 e. The number of ether oxygens (including phenoxy) is 1. The Bertz CT molecular complexity index is 921. The number of amides is 1. The molecular weight excluding hydrogens is 386 g/mol. The number of alkyl carbamates (subject to hydrolysis) is 1. The molecule has 1 aromatic heterocycles. The Balaban J connectivity index is 1.62. The van der Waals surface area contributed by atoms with Crippen LogP contribution in [0.25, 0.3) is 0 Å². The molecule has 7 nitrogen and oxygen atoms in total. The van der Waals surface area contributed by atoms with E-state index in [4.69, 9.17) is 10.5 Å². The molecule has 0 bridgehead atoms. The van der Waals surface area contributed by atoms with Gasteiger partial charge in [0, 0.05) is 23.0 Å². The fourth-order valence-corrected chi connectivity index (χ4v) is 3.32. The van der Waals surface area contributed by atoms with E-state index in [1.165, 1.54) is 11.8 Å². The number of aromatic nitrogens is 2. The molecule has 0 spiro atoms. The summed E-state index contributed by atoms with van der Waals surface area (Å²) in [5.74, 6) is 0.675. The minimum atomic E-state index is -0.644. The number of carbonyl (C=O) groups excluding carboxylic acids is 1. The highest BCUT2D eigenvalue weighted by atomic mass is 32.2. The summed E-state index contributed by atoms with van der Waals surface area (Å²) in [6.45, 7) is 7.38. The van der Waals surface area contributed by atoms with Crippen molar-refractivity contribution in [3.05, 3.63) is 61.2 Å². The summed E-state index contributed by atoms with van der Waals surface area (Å²) in [5, 5.41) is 3.63. The highest BCUT2D eigenvalue weighted by Gasteiger charge is 2.26. The van der Waals surface area contributed by atoms with Crippen molar-refractivity contribution in [2.24, 2.45) is 0 Å². The van der Waals surface area contributed by atoms with Crippen LogP contribution in [-0.2, 0) is 4.74 Å². The lowest BCUT2D eigenvalue weighted by atomic mass is 10.0. The van der Waals surface area contributed by atoms with Crippen LogP contribution in [0.5, 0.6) is 0 Å². The zero-order chi connectivity index (χ0) is 21.1. The van der Waals surface area contributed by atoms with Crippen LogP contribution in [0.2, 0.25) is 0 Å². The van der Waals surface area contributed by atoms with Crippen LogP contribution < -0.4 is 16.0 Å². The maximum absolute atomic E-state index is 12.0. The van der Waals surface area contributed by atoms with Gasteiger partial charge in [-0.2, -0.15) is 0 Å². The molecule has 2 aromatic rings. The van der Waals surface area contributed by atoms with Gasteiger partial charge in [0.2, 0.25) is 0 Å². The van der Waals surface area contributed by atoms with Crippen molar-refractivity contribution in [3.8, 4) is 0 Å². The number of nitrogens with two attached hydrogens (primary N) is 1. The quantitative estimate of drug-likeness (QED) is 0.723. The second-order valence-corrected chi connectivity index (χ2v) is 8.93. The van der Waals surface area contributed by atoms with E-state index in [1.54, 1.807) is 12.4 Å². The van der Waals surface area contributed by atoms with Gasteiger partial charge in [0.1, 0.15) is 10.6 Å². The molecular formula is C21H25N5O2S. The van der Waals surface area contributed by atoms with Gasteiger partial charge in [-0.05, 0) is 58.0 Å². The number of hydrogen-bond donors (Lipinski definition) is 2. The Kier molecular flexibility index (Phi) is 5.83. The summed E-state index contributed by atoms with van der Waals surface area (Å²) in [7, 11) is 0. The number of rotatable bonds is 4. The number of anilines is 2. The van der Waals surface area contributed by atoms with Crippen molar-refractivity contribution in [1.82, 2.24) is 15.3 Å². The summed E-state index contributed by atoms with van der Waals surface area (Å²) in [6, 6.07) is 7.63. The Hall–Kier alpha value is -3.00. The normalized spacial score (nSPS) is 15.2. The van der Waals surface area contributed by atoms with Gasteiger partial charge in [0.15, 0.2) is 5.82 Å². The standard InChI is InChI=1S/C21H25N5O2S/c1-20(2,3)28-19(27)25-21(4)8-10-26(11-9-21)17-13-24-18(14-23-17)29-16-7-5-6-15(22)12-16/h5-14H,22H2,1-4H3,(H,25,27). The molecule has 1 aromatic carbocycles. The van der Waals surface area contributed by atoms with Gasteiger partial charge in [-0.15, -0.1) is 0 Å². The van der Waals surface area contributed by atoms with Gasteiger partial charge in [0.25, 0.3) is 0 Å². The Morgan fingerprint density at radius 2 is 1.93 bits per heavy atom. The summed E-state index contributed by atoms with van der Waals surface area (Å²) < 4.78 is 5.32. The van der Waals surface area contributed by atoms with E-state index in [2.05, 4.69) is 15.3 Å².